The van der Waals surface area contributed by atoms with Crippen LogP contribution in [0.3, 0.4) is 0 Å². The second kappa shape index (κ2) is 12.8. The number of halogens is 1. The zero-order valence-corrected chi connectivity index (χ0v) is 22.6. The summed E-state index contributed by atoms with van der Waals surface area (Å²) in [5.74, 6) is -0.0934. The molecule has 0 aliphatic heterocycles. The number of nitrogens with two attached hydrogens (primary N) is 1. The van der Waals surface area contributed by atoms with Gasteiger partial charge in [0.15, 0.2) is 0 Å². The van der Waals surface area contributed by atoms with Crippen molar-refractivity contribution in [2.45, 2.75) is 33.1 Å². The fourth-order valence-corrected chi connectivity index (χ4v) is 5.64. The summed E-state index contributed by atoms with van der Waals surface area (Å²) in [7, 11) is 0. The number of benzene rings is 2. The standard InChI is InChI=1S/C30H33FN4O2S/c1-3-35(4-2)14-6-13-33-30(37)25-18-34-29(32)27-26(19-38-28(25)27)22-11-9-20(10-12-22)16-24(36)17-21-7-5-8-23(31)15-21/h5,7-12,15,18-19H,3-4,6,13-14,16-17H2,1-2H3,(H2,32,34)(H,33,37). The summed E-state index contributed by atoms with van der Waals surface area (Å²) in [5.41, 5.74) is 10.2. The summed E-state index contributed by atoms with van der Waals surface area (Å²) in [6.07, 6.45) is 2.89. The summed E-state index contributed by atoms with van der Waals surface area (Å²) in [6.45, 7) is 7.80. The average Bonchev–Trinajstić information content (AvgIpc) is 3.35. The molecule has 0 unspecified atom stereocenters. The molecule has 0 radical (unpaired) electrons. The fourth-order valence-electron chi connectivity index (χ4n) is 4.55. The van der Waals surface area contributed by atoms with Gasteiger partial charge in [0.1, 0.15) is 17.4 Å². The molecule has 0 aliphatic rings. The molecule has 3 N–H and O–H groups in total. The Kier molecular flexibility index (Phi) is 9.20. The van der Waals surface area contributed by atoms with Crippen molar-refractivity contribution in [1.29, 1.82) is 0 Å². The topological polar surface area (TPSA) is 88.3 Å². The molecule has 2 aromatic heterocycles. The Bertz CT molecular complexity index is 1410. The average molecular weight is 533 g/mol. The maximum absolute atomic E-state index is 13.4. The van der Waals surface area contributed by atoms with Crippen LogP contribution in [-0.2, 0) is 17.6 Å². The lowest BCUT2D eigenvalue weighted by Crippen LogP contribution is -2.30. The molecule has 0 fully saturated rings. The van der Waals surface area contributed by atoms with Crippen molar-refractivity contribution in [3.05, 3.63) is 82.6 Å². The Morgan fingerprint density at radius 1 is 1.05 bits per heavy atom. The summed E-state index contributed by atoms with van der Waals surface area (Å²) in [6, 6.07) is 13.9. The lowest BCUT2D eigenvalue weighted by Gasteiger charge is -2.17. The number of pyridine rings is 1. The first-order chi connectivity index (χ1) is 18.4. The third-order valence-corrected chi connectivity index (χ3v) is 7.67. The predicted molar refractivity (Wildman–Crippen MR) is 153 cm³/mol. The highest BCUT2D eigenvalue weighted by atomic mass is 32.1. The van der Waals surface area contributed by atoms with E-state index in [1.807, 2.05) is 29.6 Å². The van der Waals surface area contributed by atoms with Crippen molar-refractivity contribution in [1.82, 2.24) is 15.2 Å². The monoisotopic (exact) mass is 532 g/mol. The number of nitrogens with zero attached hydrogens (tertiary/aromatic N) is 2. The highest BCUT2D eigenvalue weighted by molar-refractivity contribution is 7.18. The molecular weight excluding hydrogens is 499 g/mol. The van der Waals surface area contributed by atoms with Crippen LogP contribution < -0.4 is 11.1 Å². The minimum atomic E-state index is -0.340. The molecule has 2 heterocycles. The van der Waals surface area contributed by atoms with Crippen LogP contribution in [0.2, 0.25) is 0 Å². The van der Waals surface area contributed by atoms with Gasteiger partial charge in [-0.3, -0.25) is 9.59 Å². The van der Waals surface area contributed by atoms with Gasteiger partial charge in [0.25, 0.3) is 5.91 Å². The van der Waals surface area contributed by atoms with Crippen LogP contribution in [-0.4, -0.2) is 47.8 Å². The third kappa shape index (κ3) is 6.62. The van der Waals surface area contributed by atoms with E-state index in [9.17, 15) is 14.0 Å². The molecule has 2 aromatic carbocycles. The van der Waals surface area contributed by atoms with Crippen LogP contribution in [0.4, 0.5) is 10.2 Å². The number of amides is 1. The number of carbonyl (C=O) groups is 2. The van der Waals surface area contributed by atoms with E-state index >= 15 is 0 Å². The maximum Gasteiger partial charge on any atom is 0.254 e. The number of ketones is 1. The first-order valence-electron chi connectivity index (χ1n) is 12.9. The minimum Gasteiger partial charge on any atom is -0.383 e. The van der Waals surface area contributed by atoms with Crippen molar-refractivity contribution in [3.63, 3.8) is 0 Å². The van der Waals surface area contributed by atoms with E-state index in [-0.39, 0.29) is 30.3 Å². The van der Waals surface area contributed by atoms with Gasteiger partial charge in [-0.1, -0.05) is 50.2 Å². The molecule has 0 atom stereocenters. The molecule has 0 bridgehead atoms. The van der Waals surface area contributed by atoms with Gasteiger partial charge < -0.3 is 16.0 Å². The van der Waals surface area contributed by atoms with Crippen molar-refractivity contribution < 1.29 is 14.0 Å². The SMILES string of the molecule is CCN(CC)CCCNC(=O)c1cnc(N)c2c(-c3ccc(CC(=O)Cc4cccc(F)c4)cc3)csc12. The van der Waals surface area contributed by atoms with Crippen LogP contribution in [0.5, 0.6) is 0 Å². The van der Waals surface area contributed by atoms with Crippen LogP contribution >= 0.6 is 11.3 Å². The predicted octanol–water partition coefficient (Wildman–Crippen LogP) is 5.50. The Labute approximate surface area is 226 Å². The zero-order chi connectivity index (χ0) is 27.1. The van der Waals surface area contributed by atoms with Gasteiger partial charge in [-0.2, -0.15) is 0 Å². The number of Topliss-reactive ketones (excluding diaryl/α,β-unsaturated/α-hetero) is 1. The number of fused-ring (bicyclic) bond motifs is 1. The highest BCUT2D eigenvalue weighted by Crippen LogP contribution is 2.38. The van der Waals surface area contributed by atoms with Crippen molar-refractivity contribution >= 4 is 38.9 Å². The molecule has 38 heavy (non-hydrogen) atoms. The molecular formula is C30H33FN4O2S. The maximum atomic E-state index is 13.4. The molecule has 4 aromatic rings. The number of nitrogens with one attached hydrogen (secondary N) is 1. The number of thiophene rings is 1. The normalized spacial score (nSPS) is 11.3. The van der Waals surface area contributed by atoms with Crippen LogP contribution in [0.15, 0.2) is 60.1 Å². The first-order valence-corrected chi connectivity index (χ1v) is 13.8. The Morgan fingerprint density at radius 2 is 1.79 bits per heavy atom. The number of hydrogen-bond acceptors (Lipinski definition) is 6. The van der Waals surface area contributed by atoms with Crippen molar-refractivity contribution in [3.8, 4) is 11.1 Å². The molecule has 1 amide bonds. The van der Waals surface area contributed by atoms with Crippen molar-refractivity contribution in [2.24, 2.45) is 0 Å². The second-order valence-electron chi connectivity index (χ2n) is 9.27. The lowest BCUT2D eigenvalue weighted by molar-refractivity contribution is -0.117. The van der Waals surface area contributed by atoms with Gasteiger partial charge in [-0.15, -0.1) is 11.3 Å². The highest BCUT2D eigenvalue weighted by Gasteiger charge is 2.18. The third-order valence-electron chi connectivity index (χ3n) is 6.66. The van der Waals surface area contributed by atoms with E-state index in [1.165, 1.54) is 23.5 Å². The van der Waals surface area contributed by atoms with Gasteiger partial charge in [0.05, 0.1) is 10.3 Å². The van der Waals surface area contributed by atoms with Gasteiger partial charge in [0, 0.05) is 36.5 Å². The van der Waals surface area contributed by atoms with E-state index < -0.39 is 0 Å². The molecule has 6 nitrogen and oxygen atoms in total. The van der Waals surface area contributed by atoms with Crippen molar-refractivity contribution in [2.75, 3.05) is 31.9 Å². The minimum absolute atomic E-state index is 0.0190. The van der Waals surface area contributed by atoms with E-state index in [4.69, 9.17) is 5.73 Å². The largest absolute Gasteiger partial charge is 0.383 e. The lowest BCUT2D eigenvalue weighted by atomic mass is 9.99. The molecule has 0 saturated heterocycles. The molecule has 0 saturated carbocycles. The molecule has 4 rings (SSSR count). The second-order valence-corrected chi connectivity index (χ2v) is 10.1. The van der Waals surface area contributed by atoms with E-state index in [0.717, 1.165) is 52.8 Å². The van der Waals surface area contributed by atoms with Crippen LogP contribution in [0, 0.1) is 5.82 Å². The summed E-state index contributed by atoms with van der Waals surface area (Å²) in [4.78, 5) is 32.1. The molecule has 0 spiro atoms. The molecule has 198 valence electrons. The van der Waals surface area contributed by atoms with Crippen LogP contribution in [0.25, 0.3) is 21.2 Å². The Morgan fingerprint density at radius 3 is 2.50 bits per heavy atom. The quantitative estimate of drug-likeness (QED) is 0.235. The van der Waals surface area contributed by atoms with E-state index in [0.29, 0.717) is 23.5 Å². The number of anilines is 1. The fraction of sp³-hybridized carbons (Fsp3) is 0.300. The van der Waals surface area contributed by atoms with Gasteiger partial charge in [-0.25, -0.2) is 9.37 Å². The zero-order valence-electron chi connectivity index (χ0n) is 21.8. The van der Waals surface area contributed by atoms with Crippen LogP contribution in [0.1, 0.15) is 41.8 Å². The number of nitrogen functional groups attached to an aromatic ring is 1. The smallest absolute Gasteiger partial charge is 0.254 e. The number of rotatable bonds is 12. The Hall–Kier alpha value is -3.62. The van der Waals surface area contributed by atoms with E-state index in [2.05, 4.69) is 29.0 Å². The first kappa shape index (κ1) is 27.4. The number of hydrogen-bond donors (Lipinski definition) is 2. The van der Waals surface area contributed by atoms with E-state index in [1.54, 1.807) is 18.3 Å². The van der Waals surface area contributed by atoms with Gasteiger partial charge in [-0.05, 0) is 60.3 Å². The summed E-state index contributed by atoms with van der Waals surface area (Å²) in [5, 5.41) is 5.77. The van der Waals surface area contributed by atoms with Gasteiger partial charge >= 0.3 is 0 Å². The Balaban J connectivity index is 1.45. The number of aromatic nitrogens is 1. The van der Waals surface area contributed by atoms with Gasteiger partial charge in [0.2, 0.25) is 0 Å². The summed E-state index contributed by atoms with van der Waals surface area (Å²) < 4.78 is 14.2. The number of carbonyl (C=O) groups excluding carboxylic acids is 2. The molecule has 8 heteroatoms. The molecule has 0 aliphatic carbocycles. The summed E-state index contributed by atoms with van der Waals surface area (Å²) >= 11 is 1.47.